The average molecular weight is 257 g/mol. The fourth-order valence-corrected chi connectivity index (χ4v) is 2.16. The third-order valence-corrected chi connectivity index (χ3v) is 3.39. The van der Waals surface area contributed by atoms with Crippen LogP contribution in [0.4, 0.5) is 0 Å². The molecule has 2 unspecified atom stereocenters. The Morgan fingerprint density at radius 3 is 2.22 bits per heavy atom. The number of nitrogens with two attached hydrogens (primary N) is 1. The van der Waals surface area contributed by atoms with Crippen LogP contribution in [-0.2, 0) is 9.59 Å². The molecule has 0 amide bonds. The summed E-state index contributed by atoms with van der Waals surface area (Å²) >= 11 is 0. The molecule has 0 aromatic rings. The molecule has 18 heavy (non-hydrogen) atoms. The van der Waals surface area contributed by atoms with Gasteiger partial charge < -0.3 is 10.8 Å². The zero-order valence-corrected chi connectivity index (χ0v) is 11.7. The van der Waals surface area contributed by atoms with Crippen molar-refractivity contribution in [1.29, 1.82) is 0 Å². The van der Waals surface area contributed by atoms with Crippen LogP contribution in [0.5, 0.6) is 0 Å². The van der Waals surface area contributed by atoms with Crippen LogP contribution in [-0.4, -0.2) is 23.4 Å². The lowest BCUT2D eigenvalue weighted by Crippen LogP contribution is -2.30. The third kappa shape index (κ3) is 6.15. The first-order valence-corrected chi connectivity index (χ1v) is 7.05. The molecule has 0 aliphatic rings. The summed E-state index contributed by atoms with van der Waals surface area (Å²) in [5, 5.41) is 9.16. The second kappa shape index (κ2) is 10.1. The van der Waals surface area contributed by atoms with E-state index in [1.54, 1.807) is 0 Å². The van der Waals surface area contributed by atoms with E-state index in [0.29, 0.717) is 19.4 Å². The molecule has 106 valence electrons. The van der Waals surface area contributed by atoms with Gasteiger partial charge in [-0.15, -0.1) is 0 Å². The normalized spacial score (nSPS) is 14.2. The van der Waals surface area contributed by atoms with Gasteiger partial charge in [0.2, 0.25) is 0 Å². The van der Waals surface area contributed by atoms with E-state index in [2.05, 4.69) is 6.92 Å². The number of carboxylic acids is 1. The highest BCUT2D eigenvalue weighted by molar-refractivity contribution is 5.99. The molecule has 4 nitrogen and oxygen atoms in total. The molecule has 0 radical (unpaired) electrons. The van der Waals surface area contributed by atoms with E-state index in [0.717, 1.165) is 32.1 Å². The number of hydrogen-bond donors (Lipinski definition) is 2. The second-order valence-electron chi connectivity index (χ2n) is 4.83. The van der Waals surface area contributed by atoms with E-state index in [4.69, 9.17) is 10.8 Å². The molecule has 2 atom stereocenters. The molecule has 0 fully saturated rings. The molecule has 0 saturated carbocycles. The zero-order valence-electron chi connectivity index (χ0n) is 11.7. The molecular weight excluding hydrogens is 230 g/mol. The van der Waals surface area contributed by atoms with Gasteiger partial charge in [-0.2, -0.15) is 0 Å². The van der Waals surface area contributed by atoms with Crippen molar-refractivity contribution in [3.8, 4) is 0 Å². The first-order chi connectivity index (χ1) is 8.58. The lowest BCUT2D eigenvalue weighted by Gasteiger charge is -2.18. The number of rotatable bonds is 11. The Bertz CT molecular complexity index is 253. The summed E-state index contributed by atoms with van der Waals surface area (Å²) in [6, 6.07) is 0. The fraction of sp³-hybridized carbons (Fsp3) is 0.857. The highest BCUT2D eigenvalue weighted by Crippen LogP contribution is 2.21. The molecule has 3 N–H and O–H groups in total. The van der Waals surface area contributed by atoms with Gasteiger partial charge in [-0.05, 0) is 32.2 Å². The molecule has 4 heteroatoms. The predicted octanol–water partition coefficient (Wildman–Crippen LogP) is 2.60. The number of carboxylic acid groups (broad SMARTS) is 1. The predicted molar refractivity (Wildman–Crippen MR) is 72.3 cm³/mol. The van der Waals surface area contributed by atoms with Crippen LogP contribution < -0.4 is 5.73 Å². The second-order valence-corrected chi connectivity index (χ2v) is 4.83. The lowest BCUT2D eigenvalue weighted by atomic mass is 9.85. The van der Waals surface area contributed by atoms with Gasteiger partial charge in [-0.1, -0.05) is 33.1 Å². The van der Waals surface area contributed by atoms with Crippen molar-refractivity contribution >= 4 is 11.8 Å². The van der Waals surface area contributed by atoms with Crippen molar-refractivity contribution in [3.05, 3.63) is 0 Å². The summed E-state index contributed by atoms with van der Waals surface area (Å²) in [4.78, 5) is 23.4. The topological polar surface area (TPSA) is 80.4 Å². The Morgan fingerprint density at radius 1 is 1.11 bits per heavy atom. The van der Waals surface area contributed by atoms with Crippen molar-refractivity contribution in [3.63, 3.8) is 0 Å². The van der Waals surface area contributed by atoms with E-state index in [9.17, 15) is 9.59 Å². The van der Waals surface area contributed by atoms with Crippen molar-refractivity contribution < 1.29 is 14.7 Å². The van der Waals surface area contributed by atoms with Crippen molar-refractivity contribution in [2.45, 2.75) is 58.8 Å². The Balaban J connectivity index is 4.46. The molecule has 0 bridgehead atoms. The van der Waals surface area contributed by atoms with Gasteiger partial charge in [-0.25, -0.2) is 0 Å². The molecule has 0 rings (SSSR count). The van der Waals surface area contributed by atoms with Crippen LogP contribution in [0.1, 0.15) is 58.8 Å². The van der Waals surface area contributed by atoms with Gasteiger partial charge in [0.1, 0.15) is 11.7 Å². The molecule has 0 saturated heterocycles. The quantitative estimate of drug-likeness (QED) is 0.440. The van der Waals surface area contributed by atoms with Crippen LogP contribution in [0.25, 0.3) is 0 Å². The Kier molecular flexibility index (Phi) is 9.56. The molecule has 0 aliphatic carbocycles. The molecular formula is C14H27NO3. The molecule has 0 spiro atoms. The van der Waals surface area contributed by atoms with Crippen LogP contribution in [0.3, 0.4) is 0 Å². The van der Waals surface area contributed by atoms with Crippen molar-refractivity contribution in [2.75, 3.05) is 6.54 Å². The van der Waals surface area contributed by atoms with E-state index >= 15 is 0 Å². The maximum Gasteiger partial charge on any atom is 0.314 e. The first-order valence-electron chi connectivity index (χ1n) is 7.05. The summed E-state index contributed by atoms with van der Waals surface area (Å²) in [7, 11) is 0. The first kappa shape index (κ1) is 17.1. The Morgan fingerprint density at radius 2 is 1.78 bits per heavy atom. The number of hydrogen-bond acceptors (Lipinski definition) is 3. The Labute approximate surface area is 110 Å². The minimum atomic E-state index is -0.980. The lowest BCUT2D eigenvalue weighted by molar-refractivity contribution is -0.148. The Hall–Kier alpha value is -0.900. The highest BCUT2D eigenvalue weighted by Gasteiger charge is 2.30. The van der Waals surface area contributed by atoms with Crippen molar-refractivity contribution in [1.82, 2.24) is 0 Å². The molecule has 0 aromatic heterocycles. The van der Waals surface area contributed by atoms with Gasteiger partial charge in [0.05, 0.1) is 0 Å². The SMILES string of the molecule is CCCCC(CC)C(=O)C(CCCCN)C(=O)O. The smallest absolute Gasteiger partial charge is 0.314 e. The highest BCUT2D eigenvalue weighted by atomic mass is 16.4. The number of unbranched alkanes of at least 4 members (excludes halogenated alkanes) is 2. The molecule has 0 aromatic carbocycles. The van der Waals surface area contributed by atoms with Crippen LogP contribution in [0, 0.1) is 11.8 Å². The molecule has 0 heterocycles. The van der Waals surface area contributed by atoms with Crippen LogP contribution in [0.2, 0.25) is 0 Å². The number of ketones is 1. The average Bonchev–Trinajstić information content (AvgIpc) is 2.35. The number of carbonyl (C=O) groups excluding carboxylic acids is 1. The molecule has 0 aliphatic heterocycles. The van der Waals surface area contributed by atoms with Crippen LogP contribution >= 0.6 is 0 Å². The summed E-state index contributed by atoms with van der Waals surface area (Å²) < 4.78 is 0. The van der Waals surface area contributed by atoms with Crippen LogP contribution in [0.15, 0.2) is 0 Å². The summed E-state index contributed by atoms with van der Waals surface area (Å²) in [5.41, 5.74) is 5.39. The standard InChI is InChI=1S/C14H27NO3/c1-3-5-8-11(4-2)13(16)12(14(17)18)9-6-7-10-15/h11-12H,3-10,15H2,1-2H3,(H,17,18). The van der Waals surface area contributed by atoms with Crippen molar-refractivity contribution in [2.24, 2.45) is 17.6 Å². The largest absolute Gasteiger partial charge is 0.481 e. The number of Topliss-reactive ketones (excluding diaryl/α,β-unsaturated/α-hetero) is 1. The monoisotopic (exact) mass is 257 g/mol. The summed E-state index contributed by atoms with van der Waals surface area (Å²) in [6.45, 7) is 4.58. The number of aliphatic carboxylic acids is 1. The van der Waals surface area contributed by atoms with Gasteiger partial charge in [0, 0.05) is 5.92 Å². The third-order valence-electron chi connectivity index (χ3n) is 3.39. The van der Waals surface area contributed by atoms with E-state index in [1.807, 2.05) is 6.92 Å². The minimum absolute atomic E-state index is 0.0875. The van der Waals surface area contributed by atoms with E-state index in [1.165, 1.54) is 0 Å². The summed E-state index contributed by atoms with van der Waals surface area (Å²) in [5.74, 6) is -2.00. The van der Waals surface area contributed by atoms with Gasteiger partial charge in [0.25, 0.3) is 0 Å². The number of carbonyl (C=O) groups is 2. The maximum atomic E-state index is 12.2. The minimum Gasteiger partial charge on any atom is -0.481 e. The van der Waals surface area contributed by atoms with E-state index < -0.39 is 11.9 Å². The maximum absolute atomic E-state index is 12.2. The van der Waals surface area contributed by atoms with E-state index in [-0.39, 0.29) is 11.7 Å². The van der Waals surface area contributed by atoms with Gasteiger partial charge >= 0.3 is 5.97 Å². The van der Waals surface area contributed by atoms with Gasteiger partial charge in [-0.3, -0.25) is 9.59 Å². The van der Waals surface area contributed by atoms with Gasteiger partial charge in [0.15, 0.2) is 0 Å². The zero-order chi connectivity index (χ0) is 14.0. The fourth-order valence-electron chi connectivity index (χ4n) is 2.16. The summed E-state index contributed by atoms with van der Waals surface area (Å²) in [6.07, 6.45) is 5.49.